The summed E-state index contributed by atoms with van der Waals surface area (Å²) >= 11 is 11.2. The minimum absolute atomic E-state index is 0.00531. The van der Waals surface area contributed by atoms with Gasteiger partial charge in [-0.25, -0.2) is 21.5 Å². The zero-order valence-electron chi connectivity index (χ0n) is 21.9. The molecule has 0 aromatic heterocycles. The Bertz CT molecular complexity index is 1270. The van der Waals surface area contributed by atoms with Gasteiger partial charge in [-0.2, -0.15) is 0 Å². The summed E-state index contributed by atoms with van der Waals surface area (Å²) in [5.41, 5.74) is 0.690. The minimum Gasteiger partial charge on any atom is -0.316 e. The Kier molecular flexibility index (Phi) is 11.9. The van der Waals surface area contributed by atoms with Gasteiger partial charge >= 0.3 is 0 Å². The normalized spacial score (nSPS) is 20.1. The Morgan fingerprint density at radius 3 is 1.95 bits per heavy atom. The molecule has 0 spiro atoms. The summed E-state index contributed by atoms with van der Waals surface area (Å²) in [7, 11) is -3.22. The molecule has 0 bridgehead atoms. The van der Waals surface area contributed by atoms with Crippen molar-refractivity contribution in [2.24, 2.45) is 11.8 Å². The molecule has 214 valence electrons. The highest BCUT2D eigenvalue weighted by Gasteiger charge is 2.29. The maximum Gasteiger partial charge on any atom is 0.213 e. The van der Waals surface area contributed by atoms with Crippen LogP contribution in [0.3, 0.4) is 0 Å². The standard InChI is InChI=1S/C15H19ClFNO3S.C13H15ClFNO/c1-2-22(20,21)18-7-3-4-11(10-18)8-15(19)12-5-6-13(16)14(17)9-12;14-11-4-3-10(7-12(11)15)13(17)6-9-2-1-5-16-8-9/h5-6,9,11H,2-4,7-8,10H2,1H3;3-4,7,9,16H,1-2,5-6,8H2. The van der Waals surface area contributed by atoms with Crippen molar-refractivity contribution in [1.82, 2.24) is 9.62 Å². The summed E-state index contributed by atoms with van der Waals surface area (Å²) in [6.45, 7) is 4.39. The summed E-state index contributed by atoms with van der Waals surface area (Å²) in [6, 6.07) is 8.23. The van der Waals surface area contributed by atoms with Gasteiger partial charge in [-0.3, -0.25) is 9.59 Å². The molecule has 0 radical (unpaired) electrons. The summed E-state index contributed by atoms with van der Waals surface area (Å²) in [5, 5.41) is 3.30. The number of carbonyl (C=O) groups excluding carboxylic acids is 2. The second kappa shape index (κ2) is 14.6. The number of hydrogen-bond acceptors (Lipinski definition) is 5. The monoisotopic (exact) mass is 602 g/mol. The van der Waals surface area contributed by atoms with Crippen molar-refractivity contribution < 1.29 is 26.8 Å². The molecule has 2 aliphatic heterocycles. The van der Waals surface area contributed by atoms with E-state index in [4.69, 9.17) is 23.2 Å². The molecule has 2 aromatic carbocycles. The number of carbonyl (C=O) groups is 2. The zero-order chi connectivity index (χ0) is 28.6. The molecular formula is C28H34Cl2F2N2O4S. The van der Waals surface area contributed by atoms with E-state index in [0.29, 0.717) is 31.0 Å². The van der Waals surface area contributed by atoms with Crippen LogP contribution in [0.25, 0.3) is 0 Å². The smallest absolute Gasteiger partial charge is 0.213 e. The molecule has 6 nitrogen and oxygen atoms in total. The van der Waals surface area contributed by atoms with Gasteiger partial charge in [0.25, 0.3) is 0 Å². The molecule has 2 atom stereocenters. The fourth-order valence-corrected chi connectivity index (χ4v) is 6.27. The van der Waals surface area contributed by atoms with Crippen LogP contribution in [0.15, 0.2) is 36.4 Å². The van der Waals surface area contributed by atoms with Crippen LogP contribution in [0, 0.1) is 23.5 Å². The summed E-state index contributed by atoms with van der Waals surface area (Å²) in [4.78, 5) is 24.2. The van der Waals surface area contributed by atoms with E-state index in [9.17, 15) is 26.8 Å². The van der Waals surface area contributed by atoms with Crippen LogP contribution in [0.5, 0.6) is 0 Å². The van der Waals surface area contributed by atoms with Gasteiger partial charge in [0.05, 0.1) is 15.8 Å². The third kappa shape index (κ3) is 9.32. The number of rotatable bonds is 8. The molecule has 0 saturated carbocycles. The van der Waals surface area contributed by atoms with Gasteiger partial charge in [0.2, 0.25) is 10.0 Å². The summed E-state index contributed by atoms with van der Waals surface area (Å²) in [6.07, 6.45) is 4.41. The highest BCUT2D eigenvalue weighted by molar-refractivity contribution is 7.89. The molecule has 0 aliphatic carbocycles. The molecule has 2 saturated heterocycles. The van der Waals surface area contributed by atoms with E-state index in [0.717, 1.165) is 44.8 Å². The number of ketones is 2. The van der Waals surface area contributed by atoms with Gasteiger partial charge in [-0.05, 0) is 93.9 Å². The lowest BCUT2D eigenvalue weighted by Crippen LogP contribution is -2.41. The molecule has 4 rings (SSSR count). The highest BCUT2D eigenvalue weighted by Crippen LogP contribution is 2.25. The number of nitrogens with one attached hydrogen (secondary N) is 1. The maximum absolute atomic E-state index is 13.4. The molecule has 2 heterocycles. The predicted molar refractivity (Wildman–Crippen MR) is 150 cm³/mol. The van der Waals surface area contributed by atoms with Gasteiger partial charge < -0.3 is 5.32 Å². The Morgan fingerprint density at radius 2 is 1.46 bits per heavy atom. The zero-order valence-corrected chi connectivity index (χ0v) is 24.2. The molecule has 1 N–H and O–H groups in total. The second-order valence-corrected chi connectivity index (χ2v) is 13.1. The topological polar surface area (TPSA) is 83.6 Å². The van der Waals surface area contributed by atoms with E-state index in [1.54, 1.807) is 13.0 Å². The van der Waals surface area contributed by atoms with Gasteiger partial charge in [0.1, 0.15) is 11.6 Å². The number of nitrogens with zero attached hydrogens (tertiary/aromatic N) is 1. The minimum atomic E-state index is -3.22. The average Bonchev–Trinajstić information content (AvgIpc) is 2.92. The fourth-order valence-electron chi connectivity index (χ4n) is 4.83. The first-order valence-electron chi connectivity index (χ1n) is 13.1. The van der Waals surface area contributed by atoms with Gasteiger partial charge in [0, 0.05) is 37.1 Å². The fraction of sp³-hybridized carbons (Fsp3) is 0.500. The Balaban J connectivity index is 0.000000223. The van der Waals surface area contributed by atoms with E-state index >= 15 is 0 Å². The van der Waals surface area contributed by atoms with E-state index < -0.39 is 21.7 Å². The van der Waals surface area contributed by atoms with Gasteiger partial charge in [-0.15, -0.1) is 0 Å². The SMILES string of the molecule is CCS(=O)(=O)N1CCCC(CC(=O)c2ccc(Cl)c(F)c2)C1.O=C(CC1CCCNC1)c1ccc(Cl)c(F)c1. The molecule has 11 heteroatoms. The van der Waals surface area contributed by atoms with Crippen LogP contribution in [0.4, 0.5) is 8.78 Å². The third-order valence-corrected chi connectivity index (χ3v) is 9.53. The summed E-state index contributed by atoms with van der Waals surface area (Å²) < 4.78 is 51.9. The molecule has 2 aliphatic rings. The van der Waals surface area contributed by atoms with Crippen molar-refractivity contribution in [3.63, 3.8) is 0 Å². The van der Waals surface area contributed by atoms with E-state index in [1.165, 1.54) is 28.6 Å². The predicted octanol–water partition coefficient (Wildman–Crippen LogP) is 6.17. The molecular weight excluding hydrogens is 569 g/mol. The van der Waals surface area contributed by atoms with Crippen molar-refractivity contribution in [3.05, 3.63) is 69.2 Å². The number of halogens is 4. The van der Waals surface area contributed by atoms with Gasteiger partial charge in [-0.1, -0.05) is 23.2 Å². The molecule has 39 heavy (non-hydrogen) atoms. The quantitative estimate of drug-likeness (QED) is 0.366. The number of benzene rings is 2. The van der Waals surface area contributed by atoms with Gasteiger partial charge in [0.15, 0.2) is 11.6 Å². The van der Waals surface area contributed by atoms with Crippen molar-refractivity contribution in [2.75, 3.05) is 31.9 Å². The third-order valence-electron chi connectivity index (χ3n) is 7.07. The first-order chi connectivity index (χ1) is 18.5. The van der Waals surface area contributed by atoms with Crippen LogP contribution in [-0.2, 0) is 10.0 Å². The largest absolute Gasteiger partial charge is 0.316 e. The van der Waals surface area contributed by atoms with Crippen molar-refractivity contribution >= 4 is 44.8 Å². The molecule has 2 aromatic rings. The lowest BCUT2D eigenvalue weighted by atomic mass is 9.92. The first kappa shape index (κ1) is 31.6. The van der Waals surface area contributed by atoms with E-state index in [1.807, 2.05) is 0 Å². The van der Waals surface area contributed by atoms with E-state index in [2.05, 4.69) is 5.32 Å². The first-order valence-corrected chi connectivity index (χ1v) is 15.5. The Morgan fingerprint density at radius 1 is 0.923 bits per heavy atom. The van der Waals surface area contributed by atoms with Crippen LogP contribution < -0.4 is 5.32 Å². The molecule has 2 fully saturated rings. The number of hydrogen-bond donors (Lipinski definition) is 1. The van der Waals surface area contributed by atoms with Crippen LogP contribution in [0.2, 0.25) is 10.0 Å². The van der Waals surface area contributed by atoms with Crippen molar-refractivity contribution in [3.8, 4) is 0 Å². The van der Waals surface area contributed by atoms with Crippen LogP contribution >= 0.6 is 23.2 Å². The summed E-state index contributed by atoms with van der Waals surface area (Å²) in [5.74, 6) is -0.928. The lowest BCUT2D eigenvalue weighted by Gasteiger charge is -2.31. The number of piperidine rings is 2. The van der Waals surface area contributed by atoms with Crippen molar-refractivity contribution in [2.45, 2.75) is 45.4 Å². The highest BCUT2D eigenvalue weighted by atomic mass is 35.5. The number of sulfonamides is 1. The average molecular weight is 604 g/mol. The van der Waals surface area contributed by atoms with E-state index in [-0.39, 0.29) is 45.3 Å². The molecule has 2 unspecified atom stereocenters. The molecule has 0 amide bonds. The number of Topliss-reactive ketones (excluding diaryl/α,β-unsaturated/α-hetero) is 2. The maximum atomic E-state index is 13.4. The van der Waals surface area contributed by atoms with Crippen LogP contribution in [0.1, 0.15) is 66.2 Å². The Hall–Kier alpha value is -1.91. The lowest BCUT2D eigenvalue weighted by molar-refractivity contribution is 0.0938. The second-order valence-electron chi connectivity index (χ2n) is 9.99. The Labute approximate surface area is 239 Å². The van der Waals surface area contributed by atoms with Crippen LogP contribution in [-0.4, -0.2) is 56.2 Å². The van der Waals surface area contributed by atoms with Crippen molar-refractivity contribution in [1.29, 1.82) is 0 Å².